The highest BCUT2D eigenvalue weighted by atomic mass is 16.7. The zero-order valence-corrected chi connectivity index (χ0v) is 19.7. The molecule has 1 spiro atoms. The van der Waals surface area contributed by atoms with Gasteiger partial charge in [0.1, 0.15) is 0 Å². The van der Waals surface area contributed by atoms with Crippen LogP contribution in [0, 0.1) is 5.92 Å². The first-order valence-electron chi connectivity index (χ1n) is 11.7. The quantitative estimate of drug-likeness (QED) is 0.645. The molecule has 2 aromatic carbocycles. The summed E-state index contributed by atoms with van der Waals surface area (Å²) in [6, 6.07) is 15.1. The zero-order valence-electron chi connectivity index (χ0n) is 19.7. The van der Waals surface area contributed by atoms with Crippen LogP contribution in [0.2, 0.25) is 0 Å². The number of piperidine rings is 1. The van der Waals surface area contributed by atoms with Crippen molar-refractivity contribution in [2.24, 2.45) is 5.92 Å². The molecule has 5 nitrogen and oxygen atoms in total. The van der Waals surface area contributed by atoms with Crippen molar-refractivity contribution in [1.29, 1.82) is 0 Å². The molecule has 172 valence electrons. The van der Waals surface area contributed by atoms with Crippen molar-refractivity contribution in [1.82, 2.24) is 4.90 Å². The van der Waals surface area contributed by atoms with Crippen molar-refractivity contribution in [3.05, 3.63) is 76.9 Å². The van der Waals surface area contributed by atoms with Crippen molar-refractivity contribution in [2.45, 2.75) is 36.2 Å². The third kappa shape index (κ3) is 2.70. The van der Waals surface area contributed by atoms with Crippen LogP contribution in [0.5, 0.6) is 11.5 Å². The number of likely N-dealkylation sites (N-methyl/N-ethyl adjacent to an activating group) is 1. The van der Waals surface area contributed by atoms with Gasteiger partial charge in [-0.15, -0.1) is 0 Å². The van der Waals surface area contributed by atoms with Gasteiger partial charge in [0.05, 0.1) is 12.5 Å². The Morgan fingerprint density at radius 2 is 1.82 bits per heavy atom. The van der Waals surface area contributed by atoms with E-state index in [-0.39, 0.29) is 17.4 Å². The predicted octanol–water partition coefficient (Wildman–Crippen LogP) is 4.21. The number of ether oxygens (including phenoxy) is 4. The fourth-order valence-electron chi connectivity index (χ4n) is 6.95. The summed E-state index contributed by atoms with van der Waals surface area (Å²) >= 11 is 0. The zero-order chi connectivity index (χ0) is 22.8. The summed E-state index contributed by atoms with van der Waals surface area (Å²) in [7, 11) is 7.40. The summed E-state index contributed by atoms with van der Waals surface area (Å²) in [6.45, 7) is 1.01. The Bertz CT molecular complexity index is 1140. The van der Waals surface area contributed by atoms with Gasteiger partial charge < -0.3 is 23.8 Å². The molecule has 0 saturated carbocycles. The van der Waals surface area contributed by atoms with Gasteiger partial charge in [-0.3, -0.25) is 0 Å². The smallest absolute Gasteiger partial charge is 0.227 e. The van der Waals surface area contributed by atoms with Gasteiger partial charge in [0, 0.05) is 31.7 Å². The van der Waals surface area contributed by atoms with Crippen LogP contribution >= 0.6 is 0 Å². The van der Waals surface area contributed by atoms with E-state index < -0.39 is 5.79 Å². The molecule has 4 aliphatic rings. The first-order chi connectivity index (χ1) is 16.1. The first kappa shape index (κ1) is 21.0. The molecule has 1 fully saturated rings. The fraction of sp³-hybridized carbons (Fsp3) is 0.429. The van der Waals surface area contributed by atoms with E-state index in [1.165, 1.54) is 22.3 Å². The standard InChI is InChI=1S/C28H31NO4/c1-29-15-14-27-23-20(11-10-18-8-6-5-7-9-18)17-28(31-3,32-4)26(27)33-25-22(30-2)13-12-19(24(25)27)16-21(23)29/h5-13,17,21,23,26H,14-16H2,1-4H3/b11-10+/t21-,23+,26-,27+/m1/s1. The van der Waals surface area contributed by atoms with Crippen molar-refractivity contribution in [2.75, 3.05) is 34.9 Å². The maximum Gasteiger partial charge on any atom is 0.227 e. The number of rotatable bonds is 5. The largest absolute Gasteiger partial charge is 0.493 e. The van der Waals surface area contributed by atoms with E-state index in [9.17, 15) is 0 Å². The van der Waals surface area contributed by atoms with E-state index in [0.717, 1.165) is 30.9 Å². The minimum Gasteiger partial charge on any atom is -0.493 e. The van der Waals surface area contributed by atoms with Crippen LogP contribution in [0.4, 0.5) is 0 Å². The second-order valence-electron chi connectivity index (χ2n) is 9.67. The third-order valence-corrected chi connectivity index (χ3v) is 8.41. The van der Waals surface area contributed by atoms with E-state index in [4.69, 9.17) is 18.9 Å². The molecule has 2 bridgehead atoms. The van der Waals surface area contributed by atoms with Crippen LogP contribution in [0.3, 0.4) is 0 Å². The van der Waals surface area contributed by atoms with Crippen LogP contribution < -0.4 is 9.47 Å². The fourth-order valence-corrected chi connectivity index (χ4v) is 6.95. The maximum atomic E-state index is 6.78. The summed E-state index contributed by atoms with van der Waals surface area (Å²) in [4.78, 5) is 2.52. The molecular weight excluding hydrogens is 414 g/mol. The molecule has 1 saturated heterocycles. The molecule has 2 aromatic rings. The molecule has 0 N–H and O–H groups in total. The Morgan fingerprint density at radius 1 is 1.03 bits per heavy atom. The summed E-state index contributed by atoms with van der Waals surface area (Å²) in [5.41, 5.74) is 4.86. The molecule has 5 heteroatoms. The van der Waals surface area contributed by atoms with E-state index in [0.29, 0.717) is 6.04 Å². The van der Waals surface area contributed by atoms with Gasteiger partial charge in [0.25, 0.3) is 0 Å². The Balaban J connectivity index is 1.60. The number of benzene rings is 2. The highest BCUT2D eigenvalue weighted by Crippen LogP contribution is 2.66. The van der Waals surface area contributed by atoms with Crippen LogP contribution in [0.15, 0.2) is 60.2 Å². The molecule has 0 amide bonds. The minimum atomic E-state index is -0.980. The van der Waals surface area contributed by atoms with Crippen LogP contribution in [0.25, 0.3) is 6.08 Å². The average molecular weight is 446 g/mol. The lowest BCUT2D eigenvalue weighted by Crippen LogP contribution is -2.69. The number of methoxy groups -OCH3 is 3. The summed E-state index contributed by atoms with van der Waals surface area (Å²) in [5.74, 6) is 0.955. The van der Waals surface area contributed by atoms with Crippen molar-refractivity contribution < 1.29 is 18.9 Å². The monoisotopic (exact) mass is 445 g/mol. The molecule has 0 aromatic heterocycles. The highest BCUT2D eigenvalue weighted by Gasteiger charge is 2.70. The van der Waals surface area contributed by atoms with Gasteiger partial charge in [-0.05, 0) is 55.3 Å². The van der Waals surface area contributed by atoms with E-state index >= 15 is 0 Å². The number of allylic oxidation sites excluding steroid dienone is 1. The summed E-state index contributed by atoms with van der Waals surface area (Å²) in [6.07, 6.45) is 8.32. The summed E-state index contributed by atoms with van der Waals surface area (Å²) in [5, 5.41) is 0. The van der Waals surface area contributed by atoms with Crippen molar-refractivity contribution in [3.8, 4) is 11.5 Å². The lowest BCUT2D eigenvalue weighted by atomic mass is 9.50. The minimum absolute atomic E-state index is 0.230. The molecule has 2 aliphatic carbocycles. The third-order valence-electron chi connectivity index (χ3n) is 8.41. The molecule has 4 atom stereocenters. The van der Waals surface area contributed by atoms with Crippen molar-refractivity contribution >= 4 is 6.08 Å². The Morgan fingerprint density at radius 3 is 2.55 bits per heavy atom. The lowest BCUT2D eigenvalue weighted by Gasteiger charge is -2.60. The van der Waals surface area contributed by atoms with Gasteiger partial charge in [-0.25, -0.2) is 0 Å². The molecule has 6 rings (SSSR count). The number of hydrogen-bond acceptors (Lipinski definition) is 5. The maximum absolute atomic E-state index is 6.78. The highest BCUT2D eigenvalue weighted by molar-refractivity contribution is 5.65. The Hall–Kier alpha value is -2.60. The normalized spacial score (nSPS) is 31.2. The second kappa shape index (κ2) is 7.45. The molecule has 2 aliphatic heterocycles. The Labute approximate surface area is 195 Å². The number of nitrogens with zero attached hydrogens (tertiary/aromatic N) is 1. The lowest BCUT2D eigenvalue weighted by molar-refractivity contribution is -0.245. The van der Waals surface area contributed by atoms with E-state index in [1.807, 2.05) is 12.1 Å². The van der Waals surface area contributed by atoms with E-state index in [1.54, 1.807) is 21.3 Å². The second-order valence-corrected chi connectivity index (χ2v) is 9.67. The number of hydrogen-bond donors (Lipinski definition) is 0. The van der Waals surface area contributed by atoms with E-state index in [2.05, 4.69) is 60.5 Å². The predicted molar refractivity (Wildman–Crippen MR) is 128 cm³/mol. The average Bonchev–Trinajstić information content (AvgIpc) is 3.21. The van der Waals surface area contributed by atoms with Gasteiger partial charge in [0.2, 0.25) is 5.79 Å². The van der Waals surface area contributed by atoms with Gasteiger partial charge in [0.15, 0.2) is 17.6 Å². The van der Waals surface area contributed by atoms with Crippen LogP contribution in [-0.4, -0.2) is 57.8 Å². The van der Waals surface area contributed by atoms with Crippen LogP contribution in [0.1, 0.15) is 23.1 Å². The summed E-state index contributed by atoms with van der Waals surface area (Å²) < 4.78 is 24.8. The molecule has 0 unspecified atom stereocenters. The molecule has 33 heavy (non-hydrogen) atoms. The van der Waals surface area contributed by atoms with Crippen LogP contribution in [-0.2, 0) is 21.3 Å². The molecule has 2 heterocycles. The van der Waals surface area contributed by atoms with Gasteiger partial charge in [-0.1, -0.05) is 48.6 Å². The first-order valence-corrected chi connectivity index (χ1v) is 11.7. The number of likely N-dealkylation sites (tertiary alicyclic amines) is 1. The molecular formula is C28H31NO4. The topological polar surface area (TPSA) is 40.2 Å². The Kier molecular flexibility index (Phi) is 4.74. The van der Waals surface area contributed by atoms with Gasteiger partial charge in [-0.2, -0.15) is 0 Å². The molecule has 0 radical (unpaired) electrons. The SMILES string of the molecule is COc1ccc2c3c1O[C@H]1C(OC)(OC)C=C(/C=C/c4ccccc4)[C@H]4[C@@H](C2)N(C)CC[C@@]341. The van der Waals surface area contributed by atoms with Gasteiger partial charge >= 0.3 is 0 Å². The van der Waals surface area contributed by atoms with Crippen molar-refractivity contribution in [3.63, 3.8) is 0 Å².